The number of carbonyl (C=O) groups is 1. The largest absolute Gasteiger partial charge is 0.337 e. The first-order chi connectivity index (χ1) is 9.17. The van der Waals surface area contributed by atoms with Crippen LogP contribution < -0.4 is 5.32 Å². The lowest BCUT2D eigenvalue weighted by Crippen LogP contribution is -2.37. The first kappa shape index (κ1) is 17.5. The highest BCUT2D eigenvalue weighted by Gasteiger charge is 2.25. The Morgan fingerprint density at radius 3 is 2.80 bits per heavy atom. The average Bonchev–Trinajstić information content (AvgIpc) is 3.06. The van der Waals surface area contributed by atoms with Gasteiger partial charge >= 0.3 is 0 Å². The van der Waals surface area contributed by atoms with Crippen LogP contribution in [0.15, 0.2) is 6.07 Å². The Hall–Kier alpha value is -0.580. The molecular weight excluding hydrogens is 292 g/mol. The van der Waals surface area contributed by atoms with Crippen molar-refractivity contribution in [3.63, 3.8) is 0 Å². The van der Waals surface area contributed by atoms with E-state index < -0.39 is 0 Å². The minimum Gasteiger partial charge on any atom is -0.337 e. The second-order valence-corrected chi connectivity index (χ2v) is 6.36. The van der Waals surface area contributed by atoms with Crippen LogP contribution in [0, 0.1) is 0 Å². The molecule has 0 saturated carbocycles. The van der Waals surface area contributed by atoms with Gasteiger partial charge in [0.2, 0.25) is 0 Å². The van der Waals surface area contributed by atoms with Crippen molar-refractivity contribution in [2.75, 3.05) is 20.1 Å². The fourth-order valence-corrected chi connectivity index (χ4v) is 3.96. The minimum atomic E-state index is 0. The lowest BCUT2D eigenvalue weighted by atomic mass is 10.1. The van der Waals surface area contributed by atoms with Gasteiger partial charge in [0.15, 0.2) is 0 Å². The Morgan fingerprint density at radius 2 is 2.25 bits per heavy atom. The van der Waals surface area contributed by atoms with E-state index in [1.807, 2.05) is 11.9 Å². The van der Waals surface area contributed by atoms with Gasteiger partial charge in [0.1, 0.15) is 0 Å². The third-order valence-electron chi connectivity index (χ3n) is 3.87. The summed E-state index contributed by atoms with van der Waals surface area (Å²) >= 11 is 1.69. The minimum absolute atomic E-state index is 0. The summed E-state index contributed by atoms with van der Waals surface area (Å²) in [7, 11) is 1.94. The quantitative estimate of drug-likeness (QED) is 0.905. The first-order valence-electron chi connectivity index (χ1n) is 7.26. The van der Waals surface area contributed by atoms with Gasteiger partial charge in [-0.1, -0.05) is 20.3 Å². The van der Waals surface area contributed by atoms with Crippen molar-refractivity contribution in [1.29, 1.82) is 0 Å². The van der Waals surface area contributed by atoms with E-state index in [1.165, 1.54) is 10.4 Å². The van der Waals surface area contributed by atoms with E-state index in [0.717, 1.165) is 43.6 Å². The van der Waals surface area contributed by atoms with Crippen LogP contribution in [0.25, 0.3) is 0 Å². The molecule has 1 aliphatic rings. The smallest absolute Gasteiger partial charge is 0.263 e. The second-order valence-electron chi connectivity index (χ2n) is 5.23. The van der Waals surface area contributed by atoms with Crippen molar-refractivity contribution in [3.8, 4) is 0 Å². The molecule has 114 valence electrons. The molecule has 1 aliphatic heterocycles. The molecule has 1 unspecified atom stereocenters. The molecule has 0 spiro atoms. The average molecular weight is 317 g/mol. The van der Waals surface area contributed by atoms with Gasteiger partial charge in [-0.05, 0) is 37.4 Å². The van der Waals surface area contributed by atoms with Gasteiger partial charge in [0, 0.05) is 24.5 Å². The molecule has 1 amide bonds. The zero-order valence-corrected chi connectivity index (χ0v) is 14.2. The zero-order valence-electron chi connectivity index (χ0n) is 12.6. The van der Waals surface area contributed by atoms with E-state index in [4.69, 9.17) is 0 Å². The molecular formula is C15H25ClN2OS. The van der Waals surface area contributed by atoms with Gasteiger partial charge in [-0.25, -0.2) is 0 Å². The summed E-state index contributed by atoms with van der Waals surface area (Å²) in [6.45, 7) is 6.31. The number of nitrogens with zero attached hydrogens (tertiary/aromatic N) is 1. The molecule has 0 radical (unpaired) electrons. The summed E-state index contributed by atoms with van der Waals surface area (Å²) in [4.78, 5) is 16.8. The molecule has 20 heavy (non-hydrogen) atoms. The van der Waals surface area contributed by atoms with Gasteiger partial charge in [0.25, 0.3) is 5.91 Å². The molecule has 3 nitrogen and oxygen atoms in total. The second kappa shape index (κ2) is 8.01. The van der Waals surface area contributed by atoms with Crippen molar-refractivity contribution in [1.82, 2.24) is 10.2 Å². The molecule has 2 rings (SSSR count). The lowest BCUT2D eigenvalue weighted by Gasteiger charge is -2.23. The third kappa shape index (κ3) is 3.74. The van der Waals surface area contributed by atoms with Gasteiger partial charge in [0.05, 0.1) is 4.88 Å². The Labute approximate surface area is 132 Å². The highest BCUT2D eigenvalue weighted by molar-refractivity contribution is 7.14. The number of carbonyl (C=O) groups excluding carboxylic acids is 1. The molecule has 1 aromatic rings. The Bertz CT molecular complexity index is 441. The number of nitrogens with one attached hydrogen (secondary N) is 1. The number of likely N-dealkylation sites (N-methyl/N-ethyl adjacent to an activating group) is 1. The molecule has 0 aliphatic carbocycles. The number of amides is 1. The van der Waals surface area contributed by atoms with Crippen molar-refractivity contribution < 1.29 is 4.79 Å². The third-order valence-corrected chi connectivity index (χ3v) is 5.09. The van der Waals surface area contributed by atoms with Crippen LogP contribution in [0.1, 0.15) is 46.8 Å². The SMILES string of the molecule is CCCc1sc(C(=O)N(C)C2CCNC2)cc1CC.Cl. The maximum Gasteiger partial charge on any atom is 0.263 e. The molecule has 1 fully saturated rings. The van der Waals surface area contributed by atoms with Crippen molar-refractivity contribution in [2.45, 2.75) is 45.6 Å². The number of rotatable bonds is 5. The van der Waals surface area contributed by atoms with E-state index in [9.17, 15) is 4.79 Å². The van der Waals surface area contributed by atoms with Gasteiger partial charge in [-0.2, -0.15) is 0 Å². The Balaban J connectivity index is 0.00000200. The van der Waals surface area contributed by atoms with Crippen LogP contribution in [-0.2, 0) is 12.8 Å². The first-order valence-corrected chi connectivity index (χ1v) is 8.08. The van der Waals surface area contributed by atoms with E-state index >= 15 is 0 Å². The van der Waals surface area contributed by atoms with Crippen LogP contribution in [0.4, 0.5) is 0 Å². The maximum atomic E-state index is 12.5. The highest BCUT2D eigenvalue weighted by Crippen LogP contribution is 2.26. The summed E-state index contributed by atoms with van der Waals surface area (Å²) in [6, 6.07) is 2.46. The molecule has 0 aromatic carbocycles. The Morgan fingerprint density at radius 1 is 1.50 bits per heavy atom. The maximum absolute atomic E-state index is 12.5. The lowest BCUT2D eigenvalue weighted by molar-refractivity contribution is 0.0748. The standard InChI is InChI=1S/C15H24N2OS.ClH/c1-4-6-13-11(5-2)9-14(19-13)15(18)17(3)12-7-8-16-10-12;/h9,12,16H,4-8,10H2,1-3H3;1H. The van der Waals surface area contributed by atoms with Crippen molar-refractivity contribution >= 4 is 29.7 Å². The van der Waals surface area contributed by atoms with Crippen LogP contribution in [0.2, 0.25) is 0 Å². The fraction of sp³-hybridized carbons (Fsp3) is 0.667. The highest BCUT2D eigenvalue weighted by atomic mass is 35.5. The monoisotopic (exact) mass is 316 g/mol. The molecule has 5 heteroatoms. The van der Waals surface area contributed by atoms with Crippen molar-refractivity contribution in [3.05, 3.63) is 21.4 Å². The predicted molar refractivity (Wildman–Crippen MR) is 88.3 cm³/mol. The number of hydrogen-bond acceptors (Lipinski definition) is 3. The molecule has 2 heterocycles. The molecule has 0 bridgehead atoms. The van der Waals surface area contributed by atoms with E-state index in [2.05, 4.69) is 25.2 Å². The molecule has 1 aromatic heterocycles. The van der Waals surface area contributed by atoms with Crippen molar-refractivity contribution in [2.24, 2.45) is 0 Å². The van der Waals surface area contributed by atoms with Crippen LogP contribution in [-0.4, -0.2) is 37.0 Å². The van der Waals surface area contributed by atoms with E-state index in [1.54, 1.807) is 11.3 Å². The van der Waals surface area contributed by atoms with E-state index in [-0.39, 0.29) is 18.3 Å². The summed E-state index contributed by atoms with van der Waals surface area (Å²) in [6.07, 6.45) is 4.32. The van der Waals surface area contributed by atoms with Crippen LogP contribution in [0.5, 0.6) is 0 Å². The zero-order chi connectivity index (χ0) is 13.8. The topological polar surface area (TPSA) is 32.3 Å². The van der Waals surface area contributed by atoms with Gasteiger partial charge < -0.3 is 10.2 Å². The predicted octanol–water partition coefficient (Wildman–Crippen LogP) is 3.12. The Kier molecular flexibility index (Phi) is 7.00. The van der Waals surface area contributed by atoms with Gasteiger partial charge in [-0.3, -0.25) is 4.79 Å². The molecule has 1 saturated heterocycles. The number of aryl methyl sites for hydroxylation is 2. The summed E-state index contributed by atoms with van der Waals surface area (Å²) < 4.78 is 0. The summed E-state index contributed by atoms with van der Waals surface area (Å²) in [5, 5.41) is 3.32. The van der Waals surface area contributed by atoms with E-state index in [0.29, 0.717) is 6.04 Å². The number of thiophene rings is 1. The van der Waals surface area contributed by atoms with Gasteiger partial charge in [-0.15, -0.1) is 23.7 Å². The summed E-state index contributed by atoms with van der Waals surface area (Å²) in [5.74, 6) is 0.191. The molecule has 1 atom stereocenters. The fourth-order valence-electron chi connectivity index (χ4n) is 2.62. The summed E-state index contributed by atoms with van der Waals surface area (Å²) in [5.41, 5.74) is 1.35. The number of hydrogen-bond donors (Lipinski definition) is 1. The normalized spacial score (nSPS) is 17.9. The van der Waals surface area contributed by atoms with Crippen LogP contribution in [0.3, 0.4) is 0 Å². The molecule has 1 N–H and O–H groups in total. The van der Waals surface area contributed by atoms with Crippen LogP contribution >= 0.6 is 23.7 Å². The number of halogens is 1.